The van der Waals surface area contributed by atoms with E-state index >= 15 is 0 Å². The van der Waals surface area contributed by atoms with Crippen LogP contribution in [0.4, 0.5) is 0 Å². The van der Waals surface area contributed by atoms with Crippen LogP contribution in [-0.4, -0.2) is 42.3 Å². The number of hydrogen-bond acceptors (Lipinski definition) is 3. The summed E-state index contributed by atoms with van der Waals surface area (Å²) < 4.78 is 6.07. The van der Waals surface area contributed by atoms with Gasteiger partial charge < -0.3 is 4.74 Å². The smallest absolute Gasteiger partial charge is 0.0994 e. The standard InChI is InChI=1S/C15H33NOS/c1-5-9-11-15(13-18-12-10-6-2)17-14-16(7-3)8-4/h15H,5-14H2,1-4H3. The molecule has 0 spiro atoms. The number of unbranched alkanes of at least 4 members (excludes halogenated alkanes) is 2. The lowest BCUT2D eigenvalue weighted by molar-refractivity contribution is -0.0123. The van der Waals surface area contributed by atoms with Crippen molar-refractivity contribution in [3.05, 3.63) is 0 Å². The Balaban J connectivity index is 3.82. The van der Waals surface area contributed by atoms with E-state index in [2.05, 4.69) is 44.4 Å². The van der Waals surface area contributed by atoms with Gasteiger partial charge in [0.25, 0.3) is 0 Å². The van der Waals surface area contributed by atoms with E-state index in [-0.39, 0.29) is 0 Å². The van der Waals surface area contributed by atoms with E-state index in [1.165, 1.54) is 43.6 Å². The molecule has 2 nitrogen and oxygen atoms in total. The molecule has 0 aliphatic rings. The molecule has 0 aromatic carbocycles. The molecule has 110 valence electrons. The zero-order chi connectivity index (χ0) is 13.6. The number of hydrogen-bond donors (Lipinski definition) is 0. The molecule has 0 amide bonds. The van der Waals surface area contributed by atoms with Crippen LogP contribution >= 0.6 is 11.8 Å². The number of nitrogens with zero attached hydrogens (tertiary/aromatic N) is 1. The number of thioether (sulfide) groups is 1. The molecule has 18 heavy (non-hydrogen) atoms. The highest BCUT2D eigenvalue weighted by Crippen LogP contribution is 2.14. The van der Waals surface area contributed by atoms with Gasteiger partial charge in [0.05, 0.1) is 12.8 Å². The lowest BCUT2D eigenvalue weighted by atomic mass is 10.2. The summed E-state index contributed by atoms with van der Waals surface area (Å²) in [5.74, 6) is 2.45. The van der Waals surface area contributed by atoms with Gasteiger partial charge >= 0.3 is 0 Å². The van der Waals surface area contributed by atoms with Crippen LogP contribution in [0.25, 0.3) is 0 Å². The highest BCUT2D eigenvalue weighted by atomic mass is 32.2. The van der Waals surface area contributed by atoms with Gasteiger partial charge in [0.15, 0.2) is 0 Å². The average molecular weight is 276 g/mol. The Morgan fingerprint density at radius 3 is 2.22 bits per heavy atom. The maximum absolute atomic E-state index is 6.07. The third-order valence-corrected chi connectivity index (χ3v) is 4.40. The zero-order valence-electron chi connectivity index (χ0n) is 12.9. The maximum atomic E-state index is 6.07. The van der Waals surface area contributed by atoms with Gasteiger partial charge in [0.2, 0.25) is 0 Å². The third-order valence-electron chi connectivity index (χ3n) is 3.21. The first-order chi connectivity index (χ1) is 8.78. The van der Waals surface area contributed by atoms with Gasteiger partial charge in [0, 0.05) is 5.75 Å². The quantitative estimate of drug-likeness (QED) is 0.365. The highest BCUT2D eigenvalue weighted by Gasteiger charge is 2.10. The van der Waals surface area contributed by atoms with Gasteiger partial charge in [-0.3, -0.25) is 4.90 Å². The Morgan fingerprint density at radius 1 is 1.00 bits per heavy atom. The lowest BCUT2D eigenvalue weighted by Crippen LogP contribution is -2.30. The normalized spacial score (nSPS) is 13.2. The molecule has 0 bridgehead atoms. The minimum absolute atomic E-state index is 0.451. The first-order valence-corrected chi connectivity index (χ1v) is 8.85. The summed E-state index contributed by atoms with van der Waals surface area (Å²) in [6, 6.07) is 0. The Bertz CT molecular complexity index is 163. The molecule has 0 fully saturated rings. The molecule has 0 saturated heterocycles. The van der Waals surface area contributed by atoms with Crippen LogP contribution < -0.4 is 0 Å². The topological polar surface area (TPSA) is 12.5 Å². The van der Waals surface area contributed by atoms with Crippen LogP contribution in [0.15, 0.2) is 0 Å². The van der Waals surface area contributed by atoms with Gasteiger partial charge in [-0.15, -0.1) is 0 Å². The van der Waals surface area contributed by atoms with Crippen LogP contribution in [0.3, 0.4) is 0 Å². The van der Waals surface area contributed by atoms with E-state index in [9.17, 15) is 0 Å². The van der Waals surface area contributed by atoms with Gasteiger partial charge in [-0.25, -0.2) is 0 Å². The summed E-state index contributed by atoms with van der Waals surface area (Å²) in [6.07, 6.45) is 6.86. The lowest BCUT2D eigenvalue weighted by Gasteiger charge is -2.23. The molecule has 0 radical (unpaired) electrons. The first kappa shape index (κ1) is 18.3. The van der Waals surface area contributed by atoms with Gasteiger partial charge in [-0.1, -0.05) is 47.0 Å². The van der Waals surface area contributed by atoms with Gasteiger partial charge in [0.1, 0.15) is 0 Å². The molecule has 0 aromatic rings. The number of rotatable bonds is 13. The third kappa shape index (κ3) is 10.2. The van der Waals surface area contributed by atoms with Gasteiger partial charge in [-0.05, 0) is 31.7 Å². The van der Waals surface area contributed by atoms with Crippen molar-refractivity contribution in [2.24, 2.45) is 0 Å². The molecule has 0 saturated carbocycles. The molecule has 1 atom stereocenters. The fraction of sp³-hybridized carbons (Fsp3) is 1.00. The van der Waals surface area contributed by atoms with Crippen molar-refractivity contribution in [3.63, 3.8) is 0 Å². The minimum atomic E-state index is 0.451. The fourth-order valence-electron chi connectivity index (χ4n) is 1.72. The van der Waals surface area contributed by atoms with E-state index < -0.39 is 0 Å². The van der Waals surface area contributed by atoms with E-state index in [1.54, 1.807) is 0 Å². The summed E-state index contributed by atoms with van der Waals surface area (Å²) in [5.41, 5.74) is 0. The van der Waals surface area contributed by atoms with Crippen molar-refractivity contribution in [2.45, 2.75) is 65.9 Å². The molecule has 0 aliphatic heterocycles. The molecule has 0 rings (SSSR count). The summed E-state index contributed by atoms with van der Waals surface area (Å²) in [6.45, 7) is 11.9. The largest absolute Gasteiger partial charge is 0.362 e. The van der Waals surface area contributed by atoms with Crippen molar-refractivity contribution in [3.8, 4) is 0 Å². The Kier molecular flexibility index (Phi) is 13.9. The molecule has 3 heteroatoms. The molecular formula is C15H33NOS. The highest BCUT2D eigenvalue weighted by molar-refractivity contribution is 7.99. The van der Waals surface area contributed by atoms with Crippen LogP contribution in [0, 0.1) is 0 Å². The monoisotopic (exact) mass is 275 g/mol. The summed E-state index contributed by atoms with van der Waals surface area (Å²) >= 11 is 2.06. The zero-order valence-corrected chi connectivity index (χ0v) is 13.7. The summed E-state index contributed by atoms with van der Waals surface area (Å²) in [4.78, 5) is 2.34. The summed E-state index contributed by atoms with van der Waals surface area (Å²) in [7, 11) is 0. The van der Waals surface area contributed by atoms with E-state index in [1.807, 2.05) is 0 Å². The van der Waals surface area contributed by atoms with Crippen LogP contribution in [0.5, 0.6) is 0 Å². The predicted molar refractivity (Wildman–Crippen MR) is 84.4 cm³/mol. The number of ether oxygens (including phenoxy) is 1. The molecule has 1 unspecified atom stereocenters. The van der Waals surface area contributed by atoms with E-state index in [0.717, 1.165) is 19.8 Å². The van der Waals surface area contributed by atoms with Crippen molar-refractivity contribution in [1.29, 1.82) is 0 Å². The van der Waals surface area contributed by atoms with Crippen molar-refractivity contribution < 1.29 is 4.74 Å². The van der Waals surface area contributed by atoms with Crippen LogP contribution in [0.1, 0.15) is 59.8 Å². The van der Waals surface area contributed by atoms with Gasteiger partial charge in [-0.2, -0.15) is 11.8 Å². The Morgan fingerprint density at radius 2 is 1.67 bits per heavy atom. The SMILES string of the molecule is CCCCSCC(CCCC)OCN(CC)CC. The average Bonchev–Trinajstić information content (AvgIpc) is 2.40. The Hall–Kier alpha value is 0.270. The summed E-state index contributed by atoms with van der Waals surface area (Å²) in [5, 5.41) is 0. The minimum Gasteiger partial charge on any atom is -0.362 e. The molecule has 0 aliphatic carbocycles. The second-order valence-corrected chi connectivity index (χ2v) is 5.94. The van der Waals surface area contributed by atoms with Crippen molar-refractivity contribution in [2.75, 3.05) is 31.3 Å². The second kappa shape index (κ2) is 13.7. The predicted octanol–water partition coefficient (Wildman–Crippen LogP) is 4.39. The molecule has 0 N–H and O–H groups in total. The van der Waals surface area contributed by atoms with Crippen LogP contribution in [-0.2, 0) is 4.74 Å². The first-order valence-electron chi connectivity index (χ1n) is 7.70. The fourth-order valence-corrected chi connectivity index (χ4v) is 2.91. The van der Waals surface area contributed by atoms with Crippen molar-refractivity contribution in [1.82, 2.24) is 4.90 Å². The molecule has 0 heterocycles. The van der Waals surface area contributed by atoms with Crippen molar-refractivity contribution >= 4 is 11.8 Å². The van der Waals surface area contributed by atoms with E-state index in [4.69, 9.17) is 4.74 Å². The van der Waals surface area contributed by atoms with E-state index in [0.29, 0.717) is 6.10 Å². The second-order valence-electron chi connectivity index (χ2n) is 4.79. The molecular weight excluding hydrogens is 242 g/mol. The Labute approximate surface area is 119 Å². The maximum Gasteiger partial charge on any atom is 0.0994 e. The van der Waals surface area contributed by atoms with Crippen LogP contribution in [0.2, 0.25) is 0 Å². The molecule has 0 aromatic heterocycles.